The first-order chi connectivity index (χ1) is 7.99. The standard InChI is InChI=1S/C10H16N2O5/c13-7-3-11(4-8(7)14)10(17)12(5-9(15)16)6-1-2-6/h6-8,13-14H,1-5H2,(H,15,16). The van der Waals surface area contributed by atoms with E-state index in [1.54, 1.807) is 0 Å². The second-order valence-electron chi connectivity index (χ2n) is 4.58. The second kappa shape index (κ2) is 4.50. The summed E-state index contributed by atoms with van der Waals surface area (Å²) in [6.07, 6.45) is -0.245. The summed E-state index contributed by atoms with van der Waals surface area (Å²) < 4.78 is 0. The summed E-state index contributed by atoms with van der Waals surface area (Å²) in [5.74, 6) is -1.05. The Morgan fingerprint density at radius 2 is 1.71 bits per heavy atom. The highest BCUT2D eigenvalue weighted by Crippen LogP contribution is 2.28. The number of amides is 2. The van der Waals surface area contributed by atoms with Crippen molar-refractivity contribution in [3.63, 3.8) is 0 Å². The van der Waals surface area contributed by atoms with Gasteiger partial charge in [-0.15, -0.1) is 0 Å². The van der Waals surface area contributed by atoms with Gasteiger partial charge in [0.15, 0.2) is 0 Å². The van der Waals surface area contributed by atoms with Gasteiger partial charge in [0.25, 0.3) is 0 Å². The van der Waals surface area contributed by atoms with Crippen LogP contribution in [0, 0.1) is 0 Å². The lowest BCUT2D eigenvalue weighted by molar-refractivity contribution is -0.137. The summed E-state index contributed by atoms with van der Waals surface area (Å²) in [6.45, 7) is -0.210. The fourth-order valence-electron chi connectivity index (χ4n) is 1.99. The molecule has 2 rings (SSSR count). The number of nitrogens with zero attached hydrogens (tertiary/aromatic N) is 2. The predicted octanol–water partition coefficient (Wildman–Crippen LogP) is -1.31. The topological polar surface area (TPSA) is 101 Å². The van der Waals surface area contributed by atoms with Crippen LogP contribution in [0.4, 0.5) is 4.79 Å². The molecule has 1 saturated heterocycles. The van der Waals surface area contributed by atoms with Gasteiger partial charge < -0.3 is 25.1 Å². The van der Waals surface area contributed by atoms with Crippen LogP contribution in [0.1, 0.15) is 12.8 Å². The molecule has 0 radical (unpaired) electrons. The molecular weight excluding hydrogens is 228 g/mol. The molecule has 2 fully saturated rings. The second-order valence-corrected chi connectivity index (χ2v) is 4.58. The summed E-state index contributed by atoms with van der Waals surface area (Å²) in [5, 5.41) is 27.5. The quantitative estimate of drug-likeness (QED) is 0.572. The molecule has 2 aliphatic rings. The number of hydrogen-bond acceptors (Lipinski definition) is 4. The van der Waals surface area contributed by atoms with Gasteiger partial charge in [-0.3, -0.25) is 4.79 Å². The molecular formula is C10H16N2O5. The van der Waals surface area contributed by atoms with Gasteiger partial charge in [-0.05, 0) is 12.8 Å². The third-order valence-corrected chi connectivity index (χ3v) is 3.07. The number of hydrogen-bond donors (Lipinski definition) is 3. The maximum atomic E-state index is 12.0. The number of carbonyl (C=O) groups is 2. The lowest BCUT2D eigenvalue weighted by Crippen LogP contribution is -2.46. The van der Waals surface area contributed by atoms with Crippen molar-refractivity contribution in [1.29, 1.82) is 0 Å². The Kier molecular flexibility index (Phi) is 3.21. The number of urea groups is 1. The van der Waals surface area contributed by atoms with Crippen molar-refractivity contribution in [1.82, 2.24) is 9.80 Å². The summed E-state index contributed by atoms with van der Waals surface area (Å²) in [4.78, 5) is 25.3. The summed E-state index contributed by atoms with van der Waals surface area (Å²) in [7, 11) is 0. The summed E-state index contributed by atoms with van der Waals surface area (Å²) in [6, 6.07) is -0.418. The molecule has 1 aliphatic heterocycles. The molecule has 0 aromatic heterocycles. The van der Waals surface area contributed by atoms with Crippen molar-refractivity contribution in [2.75, 3.05) is 19.6 Å². The van der Waals surface area contributed by atoms with E-state index in [4.69, 9.17) is 5.11 Å². The Balaban J connectivity index is 1.99. The van der Waals surface area contributed by atoms with Crippen LogP contribution in [0.5, 0.6) is 0 Å². The fraction of sp³-hybridized carbons (Fsp3) is 0.800. The van der Waals surface area contributed by atoms with Gasteiger partial charge in [0.2, 0.25) is 0 Å². The van der Waals surface area contributed by atoms with Crippen molar-refractivity contribution in [3.05, 3.63) is 0 Å². The largest absolute Gasteiger partial charge is 0.480 e. The normalized spacial score (nSPS) is 28.2. The molecule has 0 aromatic carbocycles. The number of carbonyl (C=O) groups excluding carboxylic acids is 1. The van der Waals surface area contributed by atoms with Crippen LogP contribution in [-0.2, 0) is 4.79 Å². The van der Waals surface area contributed by atoms with Crippen molar-refractivity contribution in [2.45, 2.75) is 31.1 Å². The maximum Gasteiger partial charge on any atom is 0.323 e. The van der Waals surface area contributed by atoms with Crippen molar-refractivity contribution in [3.8, 4) is 0 Å². The highest BCUT2D eigenvalue weighted by Gasteiger charge is 2.40. The molecule has 1 aliphatic carbocycles. The first kappa shape index (κ1) is 12.1. The predicted molar refractivity (Wildman–Crippen MR) is 56.3 cm³/mol. The molecule has 2 amide bonds. The van der Waals surface area contributed by atoms with Crippen molar-refractivity contribution in [2.24, 2.45) is 0 Å². The number of aliphatic carboxylic acids is 1. The molecule has 1 heterocycles. The van der Waals surface area contributed by atoms with Gasteiger partial charge in [0.1, 0.15) is 6.54 Å². The molecule has 17 heavy (non-hydrogen) atoms. The average molecular weight is 244 g/mol. The number of carboxylic acid groups (broad SMARTS) is 1. The van der Waals surface area contributed by atoms with E-state index in [1.807, 2.05) is 0 Å². The van der Waals surface area contributed by atoms with E-state index >= 15 is 0 Å². The first-order valence-corrected chi connectivity index (χ1v) is 5.62. The van der Waals surface area contributed by atoms with E-state index in [9.17, 15) is 19.8 Å². The number of carboxylic acids is 1. The zero-order valence-corrected chi connectivity index (χ0v) is 9.32. The minimum Gasteiger partial charge on any atom is -0.480 e. The summed E-state index contributed by atoms with van der Waals surface area (Å²) >= 11 is 0. The summed E-state index contributed by atoms with van der Waals surface area (Å²) in [5.41, 5.74) is 0. The Bertz CT molecular complexity index is 321. The smallest absolute Gasteiger partial charge is 0.323 e. The molecule has 3 N–H and O–H groups in total. The molecule has 7 heteroatoms. The van der Waals surface area contributed by atoms with E-state index in [0.29, 0.717) is 0 Å². The van der Waals surface area contributed by atoms with Gasteiger partial charge in [0.05, 0.1) is 25.3 Å². The number of likely N-dealkylation sites (tertiary alicyclic amines) is 1. The molecule has 1 saturated carbocycles. The molecule has 2 atom stereocenters. The van der Waals surface area contributed by atoms with Crippen LogP contribution >= 0.6 is 0 Å². The van der Waals surface area contributed by atoms with Gasteiger partial charge in [-0.2, -0.15) is 0 Å². The molecule has 7 nitrogen and oxygen atoms in total. The number of aliphatic hydroxyl groups is 2. The molecule has 2 unspecified atom stereocenters. The van der Waals surface area contributed by atoms with E-state index in [0.717, 1.165) is 12.8 Å². The minimum atomic E-state index is -1.05. The average Bonchev–Trinajstić information content (AvgIpc) is 3.02. The first-order valence-electron chi connectivity index (χ1n) is 5.62. The lowest BCUT2D eigenvalue weighted by atomic mass is 10.3. The monoisotopic (exact) mass is 244 g/mol. The molecule has 0 spiro atoms. The van der Waals surface area contributed by atoms with E-state index in [2.05, 4.69) is 0 Å². The minimum absolute atomic E-state index is 0.00603. The maximum absolute atomic E-state index is 12.0. The van der Waals surface area contributed by atoms with Crippen LogP contribution in [0.2, 0.25) is 0 Å². The van der Waals surface area contributed by atoms with E-state index in [1.165, 1.54) is 9.80 Å². The van der Waals surface area contributed by atoms with Crippen LogP contribution in [0.25, 0.3) is 0 Å². The zero-order chi connectivity index (χ0) is 12.6. The Labute approximate surface area is 98.2 Å². The fourth-order valence-corrected chi connectivity index (χ4v) is 1.99. The molecule has 0 bridgehead atoms. The van der Waals surface area contributed by atoms with Crippen LogP contribution in [0.15, 0.2) is 0 Å². The Morgan fingerprint density at radius 1 is 1.18 bits per heavy atom. The van der Waals surface area contributed by atoms with Crippen LogP contribution in [0.3, 0.4) is 0 Å². The van der Waals surface area contributed by atoms with Crippen LogP contribution in [-0.4, -0.2) is 75.0 Å². The highest BCUT2D eigenvalue weighted by molar-refractivity contribution is 5.81. The van der Waals surface area contributed by atoms with Crippen LogP contribution < -0.4 is 0 Å². The molecule has 0 aromatic rings. The van der Waals surface area contributed by atoms with Gasteiger partial charge >= 0.3 is 12.0 Å². The highest BCUT2D eigenvalue weighted by atomic mass is 16.4. The third-order valence-electron chi connectivity index (χ3n) is 3.07. The SMILES string of the molecule is O=C(O)CN(C(=O)N1CC(O)C(O)C1)C1CC1. The van der Waals surface area contributed by atoms with Gasteiger partial charge in [-0.1, -0.05) is 0 Å². The van der Waals surface area contributed by atoms with Gasteiger partial charge in [0, 0.05) is 6.04 Å². The number of rotatable bonds is 3. The van der Waals surface area contributed by atoms with E-state index in [-0.39, 0.29) is 25.7 Å². The molecule has 96 valence electrons. The lowest BCUT2D eigenvalue weighted by Gasteiger charge is -2.26. The third kappa shape index (κ3) is 2.67. The van der Waals surface area contributed by atoms with Gasteiger partial charge in [-0.25, -0.2) is 4.79 Å². The number of β-amino-alcohol motifs (C(OH)–C–C–N with tert-alkyl or cyclic N) is 2. The van der Waals surface area contributed by atoms with E-state index < -0.39 is 24.2 Å². The Hall–Kier alpha value is -1.34. The van der Waals surface area contributed by atoms with Crippen molar-refractivity contribution >= 4 is 12.0 Å². The zero-order valence-electron chi connectivity index (χ0n) is 9.32. The number of aliphatic hydroxyl groups excluding tert-OH is 2. The Morgan fingerprint density at radius 3 is 2.12 bits per heavy atom. The van der Waals surface area contributed by atoms with Crippen molar-refractivity contribution < 1.29 is 24.9 Å².